The number of nitrogens with zero attached hydrogens (tertiary/aromatic N) is 2. The summed E-state index contributed by atoms with van der Waals surface area (Å²) in [6, 6.07) is 20.5. The van der Waals surface area contributed by atoms with Crippen molar-refractivity contribution in [2.45, 2.75) is 19.2 Å². The molecule has 1 atom stereocenters. The van der Waals surface area contributed by atoms with Gasteiger partial charge in [0.05, 0.1) is 36.4 Å². The molecule has 2 aromatic heterocycles. The van der Waals surface area contributed by atoms with Crippen LogP contribution in [0.4, 0.5) is 0 Å². The highest BCUT2D eigenvalue weighted by Gasteiger charge is 2.15. The molecule has 142 valence electrons. The van der Waals surface area contributed by atoms with Gasteiger partial charge in [-0.15, -0.1) is 0 Å². The monoisotopic (exact) mass is 375 g/mol. The molecule has 2 N–H and O–H groups in total. The van der Waals surface area contributed by atoms with E-state index in [9.17, 15) is 9.90 Å². The maximum atomic E-state index is 13.1. The second-order valence-electron chi connectivity index (χ2n) is 6.60. The second kappa shape index (κ2) is 8.21. The third-order valence-corrected chi connectivity index (χ3v) is 4.55. The molecule has 1 unspecified atom stereocenters. The van der Waals surface area contributed by atoms with Crippen LogP contribution >= 0.6 is 0 Å². The number of para-hydroxylation sites is 1. The molecule has 28 heavy (non-hydrogen) atoms. The minimum Gasteiger partial charge on any atom is -0.468 e. The van der Waals surface area contributed by atoms with Crippen LogP contribution in [0.3, 0.4) is 0 Å². The summed E-state index contributed by atoms with van der Waals surface area (Å²) in [5.74, 6) is 1.34. The first-order chi connectivity index (χ1) is 13.7. The molecule has 4 aromatic rings. The number of furan rings is 1. The highest BCUT2D eigenvalue weighted by molar-refractivity contribution is 5.79. The Bertz CT molecular complexity index is 1110. The Morgan fingerprint density at radius 2 is 1.82 bits per heavy atom. The fraction of sp³-hybridized carbons (Fsp3) is 0.182. The fourth-order valence-corrected chi connectivity index (χ4v) is 3.20. The van der Waals surface area contributed by atoms with Gasteiger partial charge in [0.1, 0.15) is 11.6 Å². The lowest BCUT2D eigenvalue weighted by molar-refractivity contribution is 0.149. The van der Waals surface area contributed by atoms with Crippen molar-refractivity contribution < 1.29 is 9.52 Å². The number of hydrogen-bond donors (Lipinski definition) is 2. The molecular formula is C22H21N3O3. The van der Waals surface area contributed by atoms with Crippen LogP contribution in [0.5, 0.6) is 0 Å². The number of rotatable bonds is 7. The van der Waals surface area contributed by atoms with Crippen molar-refractivity contribution in [1.29, 1.82) is 0 Å². The normalized spacial score (nSPS) is 12.3. The van der Waals surface area contributed by atoms with Gasteiger partial charge in [-0.3, -0.25) is 9.36 Å². The van der Waals surface area contributed by atoms with Gasteiger partial charge < -0.3 is 14.8 Å². The van der Waals surface area contributed by atoms with Gasteiger partial charge in [-0.05, 0) is 24.3 Å². The van der Waals surface area contributed by atoms with Crippen LogP contribution in [-0.4, -0.2) is 27.3 Å². The Hall–Kier alpha value is -3.22. The number of aliphatic hydroxyl groups excluding tert-OH is 1. The molecule has 0 aliphatic rings. The summed E-state index contributed by atoms with van der Waals surface area (Å²) < 4.78 is 6.82. The van der Waals surface area contributed by atoms with Crippen LogP contribution < -0.4 is 10.9 Å². The van der Waals surface area contributed by atoms with Gasteiger partial charge in [0.25, 0.3) is 5.56 Å². The van der Waals surface area contributed by atoms with Crippen molar-refractivity contribution in [2.75, 3.05) is 6.54 Å². The first-order valence-corrected chi connectivity index (χ1v) is 9.18. The van der Waals surface area contributed by atoms with E-state index in [0.717, 1.165) is 11.3 Å². The number of hydrogen-bond acceptors (Lipinski definition) is 5. The number of benzene rings is 2. The minimum atomic E-state index is -0.752. The van der Waals surface area contributed by atoms with E-state index < -0.39 is 6.10 Å². The largest absolute Gasteiger partial charge is 0.468 e. The Morgan fingerprint density at radius 1 is 1.04 bits per heavy atom. The van der Waals surface area contributed by atoms with Gasteiger partial charge >= 0.3 is 0 Å². The summed E-state index contributed by atoms with van der Waals surface area (Å²) in [6.45, 7) is 0.987. The molecule has 2 aromatic carbocycles. The average Bonchev–Trinajstić information content (AvgIpc) is 3.24. The first-order valence-electron chi connectivity index (χ1n) is 9.18. The third-order valence-electron chi connectivity index (χ3n) is 4.55. The average molecular weight is 375 g/mol. The Kier molecular flexibility index (Phi) is 5.32. The summed E-state index contributed by atoms with van der Waals surface area (Å²) in [4.78, 5) is 17.8. The smallest absolute Gasteiger partial charge is 0.261 e. The standard InChI is InChI=1S/C22H21N3O3/c26-17(13-23-14-18-9-6-12-28-18)15-25-21(16-7-2-1-3-8-16)24-20-11-5-4-10-19(20)22(25)27/h1-12,17,23,26H,13-15H2. The second-order valence-corrected chi connectivity index (χ2v) is 6.60. The molecule has 0 saturated carbocycles. The predicted octanol–water partition coefficient (Wildman–Crippen LogP) is 2.81. The van der Waals surface area contributed by atoms with Gasteiger partial charge in [-0.1, -0.05) is 42.5 Å². The molecule has 6 nitrogen and oxygen atoms in total. The van der Waals surface area contributed by atoms with Gasteiger partial charge in [-0.2, -0.15) is 0 Å². The molecule has 0 aliphatic heterocycles. The lowest BCUT2D eigenvalue weighted by atomic mass is 10.1. The summed E-state index contributed by atoms with van der Waals surface area (Å²) in [5, 5.41) is 14.2. The lowest BCUT2D eigenvalue weighted by Gasteiger charge is -2.17. The van der Waals surface area contributed by atoms with E-state index in [1.807, 2.05) is 60.7 Å². The number of aliphatic hydroxyl groups is 1. The van der Waals surface area contributed by atoms with E-state index in [-0.39, 0.29) is 12.1 Å². The van der Waals surface area contributed by atoms with Gasteiger partial charge in [0, 0.05) is 12.1 Å². The summed E-state index contributed by atoms with van der Waals surface area (Å²) in [6.07, 6.45) is 0.859. The van der Waals surface area contributed by atoms with Gasteiger partial charge in [0.2, 0.25) is 0 Å². The van der Waals surface area contributed by atoms with E-state index in [2.05, 4.69) is 5.32 Å². The highest BCUT2D eigenvalue weighted by Crippen LogP contribution is 2.19. The van der Waals surface area contributed by atoms with Crippen LogP contribution in [-0.2, 0) is 13.1 Å². The predicted molar refractivity (Wildman–Crippen MR) is 108 cm³/mol. The topological polar surface area (TPSA) is 80.3 Å². The van der Waals surface area contributed by atoms with Crippen molar-refractivity contribution in [3.05, 3.63) is 89.1 Å². The van der Waals surface area contributed by atoms with Crippen molar-refractivity contribution in [2.24, 2.45) is 0 Å². The van der Waals surface area contributed by atoms with Crippen LogP contribution in [0.25, 0.3) is 22.3 Å². The van der Waals surface area contributed by atoms with Crippen molar-refractivity contribution in [3.63, 3.8) is 0 Å². The molecule has 6 heteroatoms. The Balaban J connectivity index is 1.62. The Morgan fingerprint density at radius 3 is 2.61 bits per heavy atom. The quantitative estimate of drug-likeness (QED) is 0.519. The van der Waals surface area contributed by atoms with Crippen molar-refractivity contribution in [1.82, 2.24) is 14.9 Å². The third kappa shape index (κ3) is 3.88. The van der Waals surface area contributed by atoms with Gasteiger partial charge in [-0.25, -0.2) is 4.98 Å². The Labute approximate surface area is 162 Å². The summed E-state index contributed by atoms with van der Waals surface area (Å²) in [7, 11) is 0. The lowest BCUT2D eigenvalue weighted by Crippen LogP contribution is -2.34. The molecule has 0 fully saturated rings. The van der Waals surface area contributed by atoms with E-state index >= 15 is 0 Å². The zero-order chi connectivity index (χ0) is 19.3. The molecule has 0 aliphatic carbocycles. The SMILES string of the molecule is O=c1c2ccccc2nc(-c2ccccc2)n1CC(O)CNCc1ccco1. The van der Waals surface area contributed by atoms with Crippen molar-refractivity contribution in [3.8, 4) is 11.4 Å². The van der Waals surface area contributed by atoms with E-state index in [0.29, 0.717) is 29.8 Å². The van der Waals surface area contributed by atoms with Crippen LogP contribution in [0, 0.1) is 0 Å². The van der Waals surface area contributed by atoms with E-state index in [4.69, 9.17) is 9.40 Å². The van der Waals surface area contributed by atoms with Crippen LogP contribution in [0.2, 0.25) is 0 Å². The highest BCUT2D eigenvalue weighted by atomic mass is 16.3. The summed E-state index contributed by atoms with van der Waals surface area (Å²) in [5.41, 5.74) is 1.32. The minimum absolute atomic E-state index is 0.145. The number of nitrogens with one attached hydrogen (secondary N) is 1. The van der Waals surface area contributed by atoms with Gasteiger partial charge in [0.15, 0.2) is 0 Å². The maximum Gasteiger partial charge on any atom is 0.261 e. The molecule has 2 heterocycles. The molecule has 0 spiro atoms. The zero-order valence-corrected chi connectivity index (χ0v) is 15.3. The van der Waals surface area contributed by atoms with Crippen molar-refractivity contribution >= 4 is 10.9 Å². The molecular weight excluding hydrogens is 354 g/mol. The molecule has 0 bridgehead atoms. The molecule has 0 saturated heterocycles. The molecule has 4 rings (SSSR count). The maximum absolute atomic E-state index is 13.1. The summed E-state index contributed by atoms with van der Waals surface area (Å²) >= 11 is 0. The van der Waals surface area contributed by atoms with Crippen LogP contribution in [0.1, 0.15) is 5.76 Å². The number of fused-ring (bicyclic) bond motifs is 1. The van der Waals surface area contributed by atoms with E-state index in [1.54, 1.807) is 16.9 Å². The van der Waals surface area contributed by atoms with Crippen LogP contribution in [0.15, 0.2) is 82.2 Å². The van der Waals surface area contributed by atoms with E-state index in [1.165, 1.54) is 0 Å². The fourth-order valence-electron chi connectivity index (χ4n) is 3.20. The molecule has 0 radical (unpaired) electrons. The zero-order valence-electron chi connectivity index (χ0n) is 15.3. The first kappa shape index (κ1) is 18.2. The number of aromatic nitrogens is 2. The molecule has 0 amide bonds.